The molecule has 4 nitrogen and oxygen atoms in total. The lowest BCUT2D eigenvalue weighted by Gasteiger charge is -2.07. The van der Waals surface area contributed by atoms with Crippen LogP contribution in [0.1, 0.15) is 19.8 Å². The van der Waals surface area contributed by atoms with Gasteiger partial charge < -0.3 is 4.74 Å². The van der Waals surface area contributed by atoms with Gasteiger partial charge in [0, 0.05) is 12.6 Å². The zero-order chi connectivity index (χ0) is 12.0. The first-order chi connectivity index (χ1) is 7.60. The van der Waals surface area contributed by atoms with Gasteiger partial charge in [0.05, 0.1) is 12.0 Å². The van der Waals surface area contributed by atoms with Crippen LogP contribution in [-0.2, 0) is 10.0 Å². The van der Waals surface area contributed by atoms with E-state index in [1.165, 1.54) is 13.2 Å². The highest BCUT2D eigenvalue weighted by atomic mass is 32.2. The van der Waals surface area contributed by atoms with Crippen LogP contribution in [0.4, 0.5) is 0 Å². The van der Waals surface area contributed by atoms with E-state index >= 15 is 0 Å². The highest BCUT2D eigenvalue weighted by molar-refractivity contribution is 7.89. The molecular weight excluding hydrogens is 226 g/mol. The monoisotopic (exact) mass is 243 g/mol. The van der Waals surface area contributed by atoms with E-state index in [1.54, 1.807) is 18.2 Å². The van der Waals surface area contributed by atoms with Crippen LogP contribution in [0.2, 0.25) is 0 Å². The molecule has 0 aliphatic heterocycles. The third-order valence-corrected chi connectivity index (χ3v) is 3.63. The lowest BCUT2D eigenvalue weighted by Crippen LogP contribution is -2.24. The van der Waals surface area contributed by atoms with Gasteiger partial charge in [-0.1, -0.05) is 19.4 Å². The topological polar surface area (TPSA) is 55.4 Å². The van der Waals surface area contributed by atoms with Crippen molar-refractivity contribution in [2.24, 2.45) is 0 Å². The van der Waals surface area contributed by atoms with Gasteiger partial charge in [-0.2, -0.15) is 0 Å². The zero-order valence-electron chi connectivity index (χ0n) is 9.56. The molecule has 0 heterocycles. The van der Waals surface area contributed by atoms with Crippen molar-refractivity contribution in [2.45, 2.75) is 24.7 Å². The normalized spacial score (nSPS) is 11.4. The van der Waals surface area contributed by atoms with E-state index in [4.69, 9.17) is 4.74 Å². The molecule has 90 valence electrons. The van der Waals surface area contributed by atoms with Gasteiger partial charge in [0.1, 0.15) is 5.75 Å². The molecule has 16 heavy (non-hydrogen) atoms. The Hall–Kier alpha value is -1.07. The maximum absolute atomic E-state index is 11.8. The van der Waals surface area contributed by atoms with Crippen LogP contribution >= 0.6 is 0 Å². The number of hydrogen-bond acceptors (Lipinski definition) is 3. The molecule has 0 saturated heterocycles. The fraction of sp³-hybridized carbons (Fsp3) is 0.455. The van der Waals surface area contributed by atoms with E-state index in [2.05, 4.69) is 4.72 Å². The van der Waals surface area contributed by atoms with Gasteiger partial charge in [0.15, 0.2) is 0 Å². The number of nitrogens with one attached hydrogen (secondary N) is 1. The minimum atomic E-state index is -3.40. The molecule has 1 aromatic carbocycles. The SMILES string of the molecule is CCCCNS(=O)(=O)c1cccc(OC)c1. The molecule has 1 N–H and O–H groups in total. The van der Waals surface area contributed by atoms with E-state index in [0.717, 1.165) is 12.8 Å². The standard InChI is InChI=1S/C11H17NO3S/c1-3-4-8-12-16(13,14)11-7-5-6-10(9-11)15-2/h5-7,9,12H,3-4,8H2,1-2H3. The zero-order valence-corrected chi connectivity index (χ0v) is 10.4. The summed E-state index contributed by atoms with van der Waals surface area (Å²) in [6, 6.07) is 6.43. The Morgan fingerprint density at radius 3 is 2.75 bits per heavy atom. The van der Waals surface area contributed by atoms with Crippen LogP contribution in [0, 0.1) is 0 Å². The van der Waals surface area contributed by atoms with Gasteiger partial charge in [-0.25, -0.2) is 13.1 Å². The molecule has 0 amide bonds. The van der Waals surface area contributed by atoms with Crippen LogP contribution in [0.5, 0.6) is 5.75 Å². The summed E-state index contributed by atoms with van der Waals surface area (Å²) in [7, 11) is -1.88. The van der Waals surface area contributed by atoms with Gasteiger partial charge in [-0.05, 0) is 18.6 Å². The third kappa shape index (κ3) is 3.50. The molecule has 0 unspecified atom stereocenters. The van der Waals surface area contributed by atoms with E-state index in [-0.39, 0.29) is 4.90 Å². The Kier molecular flexibility index (Phi) is 4.76. The number of hydrogen-bond donors (Lipinski definition) is 1. The van der Waals surface area contributed by atoms with Crippen molar-refractivity contribution in [1.82, 2.24) is 4.72 Å². The number of unbranched alkanes of at least 4 members (excludes halogenated alkanes) is 1. The number of ether oxygens (including phenoxy) is 1. The first-order valence-electron chi connectivity index (χ1n) is 5.24. The van der Waals surface area contributed by atoms with Crippen molar-refractivity contribution in [3.8, 4) is 5.75 Å². The summed E-state index contributed by atoms with van der Waals surface area (Å²) in [5.41, 5.74) is 0. The summed E-state index contributed by atoms with van der Waals surface area (Å²) in [5, 5.41) is 0. The molecule has 1 aromatic rings. The first kappa shape index (κ1) is 13.0. The second-order valence-electron chi connectivity index (χ2n) is 3.43. The molecule has 0 radical (unpaired) electrons. The lowest BCUT2D eigenvalue weighted by atomic mass is 10.3. The van der Waals surface area contributed by atoms with Crippen molar-refractivity contribution >= 4 is 10.0 Å². The Morgan fingerprint density at radius 2 is 2.12 bits per heavy atom. The fourth-order valence-electron chi connectivity index (χ4n) is 1.23. The number of methoxy groups -OCH3 is 1. The maximum atomic E-state index is 11.8. The maximum Gasteiger partial charge on any atom is 0.240 e. The predicted octanol–water partition coefficient (Wildman–Crippen LogP) is 1.77. The molecule has 0 bridgehead atoms. The van der Waals surface area contributed by atoms with Crippen LogP contribution in [-0.4, -0.2) is 22.1 Å². The van der Waals surface area contributed by atoms with Gasteiger partial charge in [0.2, 0.25) is 10.0 Å². The first-order valence-corrected chi connectivity index (χ1v) is 6.72. The van der Waals surface area contributed by atoms with Crippen molar-refractivity contribution in [1.29, 1.82) is 0 Å². The average molecular weight is 243 g/mol. The summed E-state index contributed by atoms with van der Waals surface area (Å²) in [6.07, 6.45) is 1.80. The van der Waals surface area contributed by atoms with Gasteiger partial charge >= 0.3 is 0 Å². The third-order valence-electron chi connectivity index (χ3n) is 2.17. The van der Waals surface area contributed by atoms with Crippen molar-refractivity contribution in [2.75, 3.05) is 13.7 Å². The van der Waals surface area contributed by atoms with E-state index in [0.29, 0.717) is 12.3 Å². The molecule has 0 atom stereocenters. The number of rotatable bonds is 6. The van der Waals surface area contributed by atoms with Gasteiger partial charge in [-0.15, -0.1) is 0 Å². The highest BCUT2D eigenvalue weighted by Gasteiger charge is 2.13. The Morgan fingerprint density at radius 1 is 1.38 bits per heavy atom. The van der Waals surface area contributed by atoms with Crippen molar-refractivity contribution < 1.29 is 13.2 Å². The number of sulfonamides is 1. The summed E-state index contributed by atoms with van der Waals surface area (Å²) < 4.78 is 31.1. The van der Waals surface area contributed by atoms with E-state index in [1.807, 2.05) is 6.92 Å². The summed E-state index contributed by atoms with van der Waals surface area (Å²) in [5.74, 6) is 0.540. The van der Waals surface area contributed by atoms with Gasteiger partial charge in [-0.3, -0.25) is 0 Å². The van der Waals surface area contributed by atoms with Crippen LogP contribution in [0.3, 0.4) is 0 Å². The molecule has 0 aromatic heterocycles. The van der Waals surface area contributed by atoms with Crippen LogP contribution in [0.25, 0.3) is 0 Å². The molecule has 5 heteroatoms. The molecule has 0 saturated carbocycles. The van der Waals surface area contributed by atoms with Crippen molar-refractivity contribution in [3.05, 3.63) is 24.3 Å². The predicted molar refractivity (Wildman–Crippen MR) is 63.1 cm³/mol. The van der Waals surface area contributed by atoms with Crippen molar-refractivity contribution in [3.63, 3.8) is 0 Å². The average Bonchev–Trinajstić information content (AvgIpc) is 2.29. The van der Waals surface area contributed by atoms with Crippen LogP contribution in [0.15, 0.2) is 29.2 Å². The Labute approximate surface area is 96.7 Å². The Balaban J connectivity index is 2.81. The van der Waals surface area contributed by atoms with E-state index < -0.39 is 10.0 Å². The lowest BCUT2D eigenvalue weighted by molar-refractivity contribution is 0.413. The highest BCUT2D eigenvalue weighted by Crippen LogP contribution is 2.16. The van der Waals surface area contributed by atoms with E-state index in [9.17, 15) is 8.42 Å². The van der Waals surface area contributed by atoms with Crippen LogP contribution < -0.4 is 9.46 Å². The smallest absolute Gasteiger partial charge is 0.240 e. The summed E-state index contributed by atoms with van der Waals surface area (Å²) in [4.78, 5) is 0.239. The molecule has 0 fully saturated rings. The quantitative estimate of drug-likeness (QED) is 0.775. The molecule has 0 aliphatic rings. The molecular formula is C11H17NO3S. The summed E-state index contributed by atoms with van der Waals surface area (Å²) >= 11 is 0. The molecule has 1 rings (SSSR count). The second-order valence-corrected chi connectivity index (χ2v) is 5.20. The minimum absolute atomic E-state index is 0.239. The largest absolute Gasteiger partial charge is 0.497 e. The van der Waals surface area contributed by atoms with Gasteiger partial charge in [0.25, 0.3) is 0 Å². The minimum Gasteiger partial charge on any atom is -0.497 e. The Bertz CT molecular complexity index is 429. The number of benzene rings is 1. The second kappa shape index (κ2) is 5.86. The fourth-order valence-corrected chi connectivity index (χ4v) is 2.34. The molecule has 0 spiro atoms. The molecule has 0 aliphatic carbocycles. The summed E-state index contributed by atoms with van der Waals surface area (Å²) in [6.45, 7) is 2.48.